The quantitative estimate of drug-likeness (QED) is 0.375. The second-order valence-electron chi connectivity index (χ2n) is 1.81. The largest absolute Gasteiger partial charge is 0.303 e. The average Bonchev–Trinajstić information content (AvgIpc) is 1.66. The van der Waals surface area contributed by atoms with Gasteiger partial charge < -0.3 is 9.59 Å². The molecule has 2 nitrogen and oxygen atoms in total. The third-order valence-electron chi connectivity index (χ3n) is 1.31. The average molecular weight is 110 g/mol. The lowest BCUT2D eigenvalue weighted by Crippen LogP contribution is -2.20. The molecule has 0 heterocycles. The molecular weight excluding hydrogens is 104 g/mol. The molecule has 0 N–H and O–H groups in total. The van der Waals surface area contributed by atoms with Crippen molar-refractivity contribution in [3.63, 3.8) is 0 Å². The molecule has 42 valence electrons. The molecule has 0 fully saturated rings. The van der Waals surface area contributed by atoms with E-state index in [1.807, 2.05) is 0 Å². The van der Waals surface area contributed by atoms with Crippen molar-refractivity contribution in [2.75, 3.05) is 0 Å². The lowest BCUT2D eigenvalue weighted by molar-refractivity contribution is -0.117. The summed E-state index contributed by atoms with van der Waals surface area (Å²) in [5.41, 5.74) is 0. The Bertz CT molecular complexity index is 121. The van der Waals surface area contributed by atoms with Crippen LogP contribution in [-0.4, -0.2) is 12.6 Å². The summed E-state index contributed by atoms with van der Waals surface area (Å²) in [7, 11) is 0. The molecule has 2 atom stereocenters. The Labute approximate surface area is 47.2 Å². The highest BCUT2D eigenvalue weighted by atomic mass is 16.1. The van der Waals surface area contributed by atoms with Crippen molar-refractivity contribution in [2.24, 2.45) is 11.8 Å². The van der Waals surface area contributed by atoms with Gasteiger partial charge in [-0.15, -0.1) is 0 Å². The molecular formula is C6H6O2. The highest BCUT2D eigenvalue weighted by Gasteiger charge is 2.21. The predicted molar refractivity (Wildman–Crippen MR) is 28.2 cm³/mol. The summed E-state index contributed by atoms with van der Waals surface area (Å²) in [6.45, 7) is 0. The number of carbonyl (C=O) groups excluding carboxylic acids is 2. The van der Waals surface area contributed by atoms with Gasteiger partial charge in [-0.3, -0.25) is 0 Å². The number of carbonyl (C=O) groups is 2. The first-order valence-corrected chi connectivity index (χ1v) is 2.47. The van der Waals surface area contributed by atoms with E-state index in [1.165, 1.54) is 0 Å². The number of hydrogen-bond donors (Lipinski definition) is 0. The molecule has 1 aliphatic carbocycles. The van der Waals surface area contributed by atoms with Gasteiger partial charge >= 0.3 is 0 Å². The fourth-order valence-electron chi connectivity index (χ4n) is 0.640. The van der Waals surface area contributed by atoms with Gasteiger partial charge in [0, 0.05) is 11.8 Å². The van der Waals surface area contributed by atoms with Crippen molar-refractivity contribution in [2.45, 2.75) is 0 Å². The topological polar surface area (TPSA) is 34.1 Å². The van der Waals surface area contributed by atoms with Crippen LogP contribution in [0, 0.1) is 11.8 Å². The van der Waals surface area contributed by atoms with Crippen molar-refractivity contribution in [1.29, 1.82) is 0 Å². The Morgan fingerprint density at radius 3 is 1.50 bits per heavy atom. The van der Waals surface area contributed by atoms with Crippen molar-refractivity contribution >= 4 is 12.6 Å². The highest BCUT2D eigenvalue weighted by molar-refractivity contribution is 5.72. The zero-order valence-electron chi connectivity index (χ0n) is 4.28. The van der Waals surface area contributed by atoms with Gasteiger partial charge in [0.15, 0.2) is 0 Å². The molecule has 0 aliphatic heterocycles. The van der Waals surface area contributed by atoms with Crippen LogP contribution in [0.3, 0.4) is 0 Å². The zero-order chi connectivity index (χ0) is 5.98. The van der Waals surface area contributed by atoms with Crippen LogP contribution in [0.4, 0.5) is 0 Å². The molecule has 8 heavy (non-hydrogen) atoms. The third kappa shape index (κ3) is 0.579. The van der Waals surface area contributed by atoms with Crippen LogP contribution in [-0.2, 0) is 9.59 Å². The Morgan fingerprint density at radius 1 is 1.00 bits per heavy atom. The molecule has 0 aromatic carbocycles. The van der Waals surface area contributed by atoms with E-state index in [0.717, 1.165) is 12.6 Å². The van der Waals surface area contributed by atoms with Crippen LogP contribution < -0.4 is 0 Å². The molecule has 0 aromatic heterocycles. The molecule has 0 radical (unpaired) electrons. The Kier molecular flexibility index (Phi) is 1.24. The van der Waals surface area contributed by atoms with Crippen molar-refractivity contribution in [3.05, 3.63) is 12.2 Å². The summed E-state index contributed by atoms with van der Waals surface area (Å²) in [5, 5.41) is 0. The Balaban J connectivity index is 2.52. The predicted octanol–water partition coefficient (Wildman–Crippen LogP) is 0.186. The summed E-state index contributed by atoms with van der Waals surface area (Å²) in [4.78, 5) is 19.9. The molecule has 0 amide bonds. The minimum Gasteiger partial charge on any atom is -0.303 e. The van der Waals surface area contributed by atoms with Crippen LogP contribution >= 0.6 is 0 Å². The second-order valence-corrected chi connectivity index (χ2v) is 1.81. The van der Waals surface area contributed by atoms with Crippen molar-refractivity contribution in [3.8, 4) is 0 Å². The number of allylic oxidation sites excluding steroid dienone is 2. The van der Waals surface area contributed by atoms with Crippen molar-refractivity contribution in [1.82, 2.24) is 0 Å². The number of aldehydes is 2. The monoisotopic (exact) mass is 110 g/mol. The maximum Gasteiger partial charge on any atom is 0.127 e. The van der Waals surface area contributed by atoms with Crippen LogP contribution in [0.25, 0.3) is 0 Å². The molecule has 0 spiro atoms. The van der Waals surface area contributed by atoms with E-state index in [2.05, 4.69) is 0 Å². The molecule has 1 rings (SSSR count). The van der Waals surface area contributed by atoms with E-state index in [0.29, 0.717) is 0 Å². The standard InChI is InChI=1S/C6H6O2/c7-3-5-1-2-6(5)4-8/h1-6H. The van der Waals surface area contributed by atoms with Gasteiger partial charge in [0.1, 0.15) is 12.6 Å². The Morgan fingerprint density at radius 2 is 1.38 bits per heavy atom. The normalized spacial score (nSPS) is 33.5. The molecule has 2 heteroatoms. The second kappa shape index (κ2) is 1.90. The van der Waals surface area contributed by atoms with E-state index in [-0.39, 0.29) is 11.8 Å². The fourth-order valence-corrected chi connectivity index (χ4v) is 0.640. The van der Waals surface area contributed by atoms with E-state index in [4.69, 9.17) is 0 Å². The first-order chi connectivity index (χ1) is 3.88. The first-order valence-electron chi connectivity index (χ1n) is 2.47. The first kappa shape index (κ1) is 5.22. The SMILES string of the molecule is O=CC1C=CC1C=O. The van der Waals surface area contributed by atoms with Crippen LogP contribution in [0.5, 0.6) is 0 Å². The van der Waals surface area contributed by atoms with Gasteiger partial charge in [0.25, 0.3) is 0 Å². The molecule has 0 saturated heterocycles. The summed E-state index contributed by atoms with van der Waals surface area (Å²) in [5.74, 6) is -0.264. The van der Waals surface area contributed by atoms with E-state index >= 15 is 0 Å². The summed E-state index contributed by atoms with van der Waals surface area (Å²) in [6, 6.07) is 0. The lowest BCUT2D eigenvalue weighted by atomic mass is 9.85. The molecule has 1 aliphatic rings. The summed E-state index contributed by atoms with van der Waals surface area (Å²) in [6.07, 6.45) is 5.04. The van der Waals surface area contributed by atoms with E-state index in [1.54, 1.807) is 12.2 Å². The van der Waals surface area contributed by atoms with Gasteiger partial charge in [0.2, 0.25) is 0 Å². The van der Waals surface area contributed by atoms with Crippen molar-refractivity contribution < 1.29 is 9.59 Å². The maximum absolute atomic E-state index is 9.95. The van der Waals surface area contributed by atoms with Gasteiger partial charge in [-0.1, -0.05) is 12.2 Å². The van der Waals surface area contributed by atoms with Gasteiger partial charge in [0.05, 0.1) is 0 Å². The minimum absolute atomic E-state index is 0.132. The minimum atomic E-state index is -0.132. The number of hydrogen-bond acceptors (Lipinski definition) is 2. The van der Waals surface area contributed by atoms with Crippen LogP contribution in [0.2, 0.25) is 0 Å². The van der Waals surface area contributed by atoms with E-state index < -0.39 is 0 Å². The van der Waals surface area contributed by atoms with Crippen LogP contribution in [0.15, 0.2) is 12.2 Å². The van der Waals surface area contributed by atoms with E-state index in [9.17, 15) is 9.59 Å². The molecule has 0 saturated carbocycles. The van der Waals surface area contributed by atoms with Gasteiger partial charge in [-0.2, -0.15) is 0 Å². The molecule has 0 aromatic rings. The summed E-state index contributed by atoms with van der Waals surface area (Å²) < 4.78 is 0. The zero-order valence-corrected chi connectivity index (χ0v) is 4.28. The molecule has 0 bridgehead atoms. The maximum atomic E-state index is 9.95. The third-order valence-corrected chi connectivity index (χ3v) is 1.31. The van der Waals surface area contributed by atoms with Gasteiger partial charge in [-0.05, 0) is 0 Å². The van der Waals surface area contributed by atoms with Gasteiger partial charge in [-0.25, -0.2) is 0 Å². The number of rotatable bonds is 2. The fraction of sp³-hybridized carbons (Fsp3) is 0.333. The lowest BCUT2D eigenvalue weighted by Gasteiger charge is -2.17. The summed E-state index contributed by atoms with van der Waals surface area (Å²) >= 11 is 0. The highest BCUT2D eigenvalue weighted by Crippen LogP contribution is 2.20. The molecule has 2 unspecified atom stereocenters. The Hall–Kier alpha value is -0.920. The van der Waals surface area contributed by atoms with Crippen LogP contribution in [0.1, 0.15) is 0 Å². The smallest absolute Gasteiger partial charge is 0.127 e.